The summed E-state index contributed by atoms with van der Waals surface area (Å²) in [5.41, 5.74) is 2.53. The zero-order valence-corrected chi connectivity index (χ0v) is 20.9. The van der Waals surface area contributed by atoms with Crippen LogP contribution in [0.1, 0.15) is 30.1 Å². The molecule has 0 radical (unpaired) electrons. The molecule has 4 aromatic rings. The molecule has 1 aliphatic heterocycles. The van der Waals surface area contributed by atoms with Gasteiger partial charge < -0.3 is 10.1 Å². The monoisotopic (exact) mass is 502 g/mol. The SMILES string of the molecule is CC1=CC[C@H]2C(=O)N(c3cccc(C(=O)Nc4ccc(Oc5ccc6ccccc6c5)cc4)c3)C(=O)[C@H]2C1. The van der Waals surface area contributed by atoms with Crippen molar-refractivity contribution in [2.24, 2.45) is 11.8 Å². The van der Waals surface area contributed by atoms with Crippen molar-refractivity contribution in [2.75, 3.05) is 10.2 Å². The summed E-state index contributed by atoms with van der Waals surface area (Å²) in [5, 5.41) is 5.12. The molecule has 0 saturated carbocycles. The van der Waals surface area contributed by atoms with Gasteiger partial charge >= 0.3 is 0 Å². The number of nitrogens with zero attached hydrogens (tertiary/aromatic N) is 1. The number of allylic oxidation sites excluding steroid dienone is 2. The Labute approximate surface area is 220 Å². The van der Waals surface area contributed by atoms with E-state index in [9.17, 15) is 14.4 Å². The van der Waals surface area contributed by atoms with E-state index in [2.05, 4.69) is 11.4 Å². The quantitative estimate of drug-likeness (QED) is 0.243. The van der Waals surface area contributed by atoms with Gasteiger partial charge in [0.05, 0.1) is 17.5 Å². The van der Waals surface area contributed by atoms with E-state index in [-0.39, 0.29) is 29.6 Å². The molecule has 1 N–H and O–H groups in total. The van der Waals surface area contributed by atoms with Gasteiger partial charge in [-0.2, -0.15) is 0 Å². The normalized spacial score (nSPS) is 18.8. The van der Waals surface area contributed by atoms with E-state index in [0.29, 0.717) is 35.5 Å². The number of fused-ring (bicyclic) bond motifs is 2. The molecule has 1 fully saturated rings. The number of hydrogen-bond donors (Lipinski definition) is 1. The molecule has 4 aromatic carbocycles. The molecule has 3 amide bonds. The first-order chi connectivity index (χ1) is 18.5. The lowest BCUT2D eigenvalue weighted by Gasteiger charge is -2.18. The average Bonchev–Trinajstić information content (AvgIpc) is 3.18. The number of ether oxygens (including phenoxy) is 1. The first-order valence-electron chi connectivity index (χ1n) is 12.7. The van der Waals surface area contributed by atoms with Crippen molar-refractivity contribution in [1.29, 1.82) is 0 Å². The number of rotatable bonds is 5. The molecule has 0 aromatic heterocycles. The Bertz CT molecular complexity index is 1610. The Balaban J connectivity index is 1.14. The van der Waals surface area contributed by atoms with E-state index in [0.717, 1.165) is 22.1 Å². The summed E-state index contributed by atoms with van der Waals surface area (Å²) in [7, 11) is 0. The highest BCUT2D eigenvalue weighted by atomic mass is 16.5. The van der Waals surface area contributed by atoms with Crippen LogP contribution in [0.3, 0.4) is 0 Å². The van der Waals surface area contributed by atoms with E-state index in [4.69, 9.17) is 4.74 Å². The summed E-state index contributed by atoms with van der Waals surface area (Å²) in [5.74, 6) is 0.0327. The van der Waals surface area contributed by atoms with Crippen molar-refractivity contribution < 1.29 is 19.1 Å². The van der Waals surface area contributed by atoms with Crippen molar-refractivity contribution in [3.63, 3.8) is 0 Å². The molecule has 188 valence electrons. The Morgan fingerprint density at radius 3 is 2.37 bits per heavy atom. The molecular formula is C32H26N2O4. The fourth-order valence-electron chi connectivity index (χ4n) is 5.25. The summed E-state index contributed by atoms with van der Waals surface area (Å²) in [6, 6.07) is 27.8. The summed E-state index contributed by atoms with van der Waals surface area (Å²) < 4.78 is 5.98. The first kappa shape index (κ1) is 23.7. The molecule has 2 atom stereocenters. The zero-order valence-electron chi connectivity index (χ0n) is 20.9. The molecular weight excluding hydrogens is 476 g/mol. The Kier molecular flexibility index (Phi) is 6.00. The number of benzene rings is 4. The van der Waals surface area contributed by atoms with Crippen LogP contribution in [0.15, 0.2) is 103 Å². The minimum atomic E-state index is -0.330. The number of nitrogens with one attached hydrogen (secondary N) is 1. The third kappa shape index (κ3) is 4.45. The van der Waals surface area contributed by atoms with Crippen LogP contribution in [-0.4, -0.2) is 17.7 Å². The maximum atomic E-state index is 13.1. The Hall–Kier alpha value is -4.71. The Morgan fingerprint density at radius 2 is 1.55 bits per heavy atom. The molecule has 0 spiro atoms. The minimum absolute atomic E-state index is 0.188. The molecule has 1 heterocycles. The fourth-order valence-corrected chi connectivity index (χ4v) is 5.25. The number of anilines is 2. The second kappa shape index (κ2) is 9.63. The van der Waals surface area contributed by atoms with Gasteiger partial charge in [0, 0.05) is 11.3 Å². The maximum absolute atomic E-state index is 13.1. The molecule has 1 aliphatic carbocycles. The molecule has 0 unspecified atom stereocenters. The van der Waals surface area contributed by atoms with E-state index in [1.54, 1.807) is 48.5 Å². The molecule has 6 rings (SSSR count). The van der Waals surface area contributed by atoms with E-state index < -0.39 is 0 Å². The summed E-state index contributed by atoms with van der Waals surface area (Å²) in [6.45, 7) is 1.99. The Morgan fingerprint density at radius 1 is 0.816 bits per heavy atom. The van der Waals surface area contributed by atoms with Crippen LogP contribution < -0.4 is 15.0 Å². The van der Waals surface area contributed by atoms with E-state index >= 15 is 0 Å². The lowest BCUT2D eigenvalue weighted by atomic mass is 9.82. The zero-order chi connectivity index (χ0) is 26.2. The maximum Gasteiger partial charge on any atom is 0.255 e. The van der Waals surface area contributed by atoms with Gasteiger partial charge in [-0.05, 0) is 85.1 Å². The smallest absolute Gasteiger partial charge is 0.255 e. The third-order valence-corrected chi connectivity index (χ3v) is 7.26. The van der Waals surface area contributed by atoms with Gasteiger partial charge in [-0.3, -0.25) is 19.3 Å². The largest absolute Gasteiger partial charge is 0.457 e. The van der Waals surface area contributed by atoms with Crippen molar-refractivity contribution in [3.8, 4) is 11.5 Å². The fraction of sp³-hybridized carbons (Fsp3) is 0.156. The second-order valence-electron chi connectivity index (χ2n) is 9.86. The van der Waals surface area contributed by atoms with Crippen LogP contribution in [0.25, 0.3) is 10.8 Å². The van der Waals surface area contributed by atoms with Crippen molar-refractivity contribution in [1.82, 2.24) is 0 Å². The van der Waals surface area contributed by atoms with Gasteiger partial charge in [-0.25, -0.2) is 0 Å². The molecule has 1 saturated heterocycles. The average molecular weight is 503 g/mol. The topological polar surface area (TPSA) is 75.7 Å². The lowest BCUT2D eigenvalue weighted by Crippen LogP contribution is -2.31. The predicted molar refractivity (Wildman–Crippen MR) is 147 cm³/mol. The summed E-state index contributed by atoms with van der Waals surface area (Å²) in [4.78, 5) is 40.3. The van der Waals surface area contributed by atoms with Crippen molar-refractivity contribution in [2.45, 2.75) is 19.8 Å². The third-order valence-electron chi connectivity index (χ3n) is 7.26. The summed E-state index contributed by atoms with van der Waals surface area (Å²) >= 11 is 0. The lowest BCUT2D eigenvalue weighted by molar-refractivity contribution is -0.122. The molecule has 2 aliphatic rings. The van der Waals surface area contributed by atoms with Crippen LogP contribution in [0.4, 0.5) is 11.4 Å². The van der Waals surface area contributed by atoms with Gasteiger partial charge in [0.25, 0.3) is 5.91 Å². The highest BCUT2D eigenvalue weighted by Crippen LogP contribution is 2.40. The number of carbonyl (C=O) groups is 3. The molecule has 38 heavy (non-hydrogen) atoms. The number of hydrogen-bond acceptors (Lipinski definition) is 4. The van der Waals surface area contributed by atoms with Crippen LogP contribution in [-0.2, 0) is 9.59 Å². The van der Waals surface area contributed by atoms with Gasteiger partial charge in [0.2, 0.25) is 11.8 Å². The van der Waals surface area contributed by atoms with Crippen molar-refractivity contribution in [3.05, 3.63) is 108 Å². The van der Waals surface area contributed by atoms with Crippen LogP contribution >= 0.6 is 0 Å². The molecule has 0 bridgehead atoms. The van der Waals surface area contributed by atoms with E-state index in [1.807, 2.05) is 49.4 Å². The summed E-state index contributed by atoms with van der Waals surface area (Å²) in [6.07, 6.45) is 3.22. The van der Waals surface area contributed by atoms with Gasteiger partial charge in [0.1, 0.15) is 11.5 Å². The second-order valence-corrected chi connectivity index (χ2v) is 9.86. The molecule has 6 nitrogen and oxygen atoms in total. The van der Waals surface area contributed by atoms with Crippen LogP contribution in [0.5, 0.6) is 11.5 Å². The van der Waals surface area contributed by atoms with Gasteiger partial charge in [-0.15, -0.1) is 0 Å². The predicted octanol–water partition coefficient (Wildman–Crippen LogP) is 6.73. The standard InChI is InChI=1S/C32H26N2O4/c1-20-9-16-28-29(17-20)32(37)34(31(28)36)25-8-4-7-23(18-25)30(35)33-24-11-14-26(15-12-24)38-27-13-10-21-5-2-3-6-22(21)19-27/h2-15,18-19,28-29H,16-17H2,1H3,(H,33,35)/t28-,29+/m1/s1. The van der Waals surface area contributed by atoms with Crippen LogP contribution in [0.2, 0.25) is 0 Å². The number of carbonyl (C=O) groups excluding carboxylic acids is 3. The van der Waals surface area contributed by atoms with Crippen LogP contribution in [0, 0.1) is 11.8 Å². The minimum Gasteiger partial charge on any atom is -0.457 e. The number of amides is 3. The highest BCUT2D eigenvalue weighted by molar-refractivity contribution is 6.22. The van der Waals surface area contributed by atoms with Gasteiger partial charge in [0.15, 0.2) is 0 Å². The first-order valence-corrected chi connectivity index (χ1v) is 12.7. The van der Waals surface area contributed by atoms with Gasteiger partial charge in [-0.1, -0.05) is 48.0 Å². The van der Waals surface area contributed by atoms with E-state index in [1.165, 1.54) is 4.90 Å². The highest BCUT2D eigenvalue weighted by Gasteiger charge is 2.48. The number of imide groups is 1. The molecule has 6 heteroatoms. The van der Waals surface area contributed by atoms with Crippen molar-refractivity contribution >= 4 is 39.9 Å².